The molecular formula is C25H26N4O2. The first-order chi connectivity index (χ1) is 15.0. The summed E-state index contributed by atoms with van der Waals surface area (Å²) < 4.78 is 7.45. The van der Waals surface area contributed by atoms with E-state index < -0.39 is 0 Å². The van der Waals surface area contributed by atoms with Gasteiger partial charge in [0.05, 0.1) is 41.6 Å². The lowest BCUT2D eigenvalue weighted by Crippen LogP contribution is -2.32. The van der Waals surface area contributed by atoms with Crippen LogP contribution in [0.15, 0.2) is 77.4 Å². The molecule has 0 fully saturated rings. The van der Waals surface area contributed by atoms with E-state index in [9.17, 15) is 4.79 Å². The second-order valence-corrected chi connectivity index (χ2v) is 7.58. The van der Waals surface area contributed by atoms with Gasteiger partial charge in [0.2, 0.25) is 5.91 Å². The first-order valence-electron chi connectivity index (χ1n) is 10.3. The van der Waals surface area contributed by atoms with Gasteiger partial charge in [-0.05, 0) is 50.6 Å². The minimum Gasteiger partial charge on any atom is -0.467 e. The van der Waals surface area contributed by atoms with Gasteiger partial charge < -0.3 is 9.73 Å². The zero-order valence-corrected chi connectivity index (χ0v) is 17.9. The number of furan rings is 1. The molecule has 1 amide bonds. The number of nitrogens with one attached hydrogen (secondary N) is 2. The molecule has 1 atom stereocenters. The van der Waals surface area contributed by atoms with E-state index in [2.05, 4.69) is 22.7 Å². The SMILES string of the molecule is Cc1ccc(-n2nc(C)c(NC(=O)CN[C@@H](c3ccccc3)c3ccco3)c2C)cc1. The number of anilines is 1. The van der Waals surface area contributed by atoms with E-state index in [1.54, 1.807) is 6.26 Å². The third kappa shape index (κ3) is 4.59. The highest BCUT2D eigenvalue weighted by molar-refractivity contribution is 5.93. The largest absolute Gasteiger partial charge is 0.467 e. The van der Waals surface area contributed by atoms with Crippen molar-refractivity contribution in [3.05, 3.63) is 101 Å². The summed E-state index contributed by atoms with van der Waals surface area (Å²) in [6, 6.07) is 21.6. The first kappa shape index (κ1) is 20.6. The number of aryl methyl sites for hydroxylation is 2. The third-order valence-corrected chi connectivity index (χ3v) is 5.26. The van der Waals surface area contributed by atoms with Crippen molar-refractivity contribution < 1.29 is 9.21 Å². The fraction of sp³-hybridized carbons (Fsp3) is 0.200. The lowest BCUT2D eigenvalue weighted by Gasteiger charge is -2.17. The minimum atomic E-state index is -0.209. The van der Waals surface area contributed by atoms with Gasteiger partial charge in [-0.1, -0.05) is 48.0 Å². The smallest absolute Gasteiger partial charge is 0.238 e. The molecular weight excluding hydrogens is 388 g/mol. The van der Waals surface area contributed by atoms with E-state index in [-0.39, 0.29) is 18.5 Å². The molecule has 0 aliphatic rings. The molecule has 6 nitrogen and oxygen atoms in total. The van der Waals surface area contributed by atoms with Crippen LogP contribution in [0, 0.1) is 20.8 Å². The summed E-state index contributed by atoms with van der Waals surface area (Å²) in [4.78, 5) is 12.8. The Labute approximate surface area is 181 Å². The van der Waals surface area contributed by atoms with Crippen LogP contribution in [0.2, 0.25) is 0 Å². The molecule has 31 heavy (non-hydrogen) atoms. The summed E-state index contributed by atoms with van der Waals surface area (Å²) in [6.45, 7) is 6.04. The number of nitrogens with zero attached hydrogens (tertiary/aromatic N) is 2. The molecule has 2 N–H and O–H groups in total. The number of carbonyl (C=O) groups excluding carboxylic acids is 1. The number of carbonyl (C=O) groups is 1. The van der Waals surface area contributed by atoms with Gasteiger partial charge in [0, 0.05) is 0 Å². The molecule has 2 heterocycles. The average Bonchev–Trinajstić information content (AvgIpc) is 3.40. The molecule has 0 aliphatic carbocycles. The monoisotopic (exact) mass is 414 g/mol. The van der Waals surface area contributed by atoms with Crippen molar-refractivity contribution >= 4 is 11.6 Å². The van der Waals surface area contributed by atoms with E-state index in [0.717, 1.165) is 34.1 Å². The van der Waals surface area contributed by atoms with Gasteiger partial charge in [-0.15, -0.1) is 0 Å². The summed E-state index contributed by atoms with van der Waals surface area (Å²) in [7, 11) is 0. The maximum Gasteiger partial charge on any atom is 0.238 e. The lowest BCUT2D eigenvalue weighted by atomic mass is 10.0. The van der Waals surface area contributed by atoms with Crippen molar-refractivity contribution in [1.82, 2.24) is 15.1 Å². The number of benzene rings is 2. The Kier molecular flexibility index (Phi) is 6.00. The molecule has 2 aromatic heterocycles. The maximum absolute atomic E-state index is 12.8. The molecule has 2 aromatic carbocycles. The predicted molar refractivity (Wildman–Crippen MR) is 121 cm³/mol. The van der Waals surface area contributed by atoms with Crippen LogP contribution in [-0.4, -0.2) is 22.2 Å². The number of amides is 1. The highest BCUT2D eigenvalue weighted by Crippen LogP contribution is 2.24. The van der Waals surface area contributed by atoms with Crippen LogP contribution in [0.3, 0.4) is 0 Å². The van der Waals surface area contributed by atoms with Gasteiger partial charge in [-0.25, -0.2) is 4.68 Å². The average molecular weight is 415 g/mol. The van der Waals surface area contributed by atoms with Crippen LogP contribution in [0.5, 0.6) is 0 Å². The van der Waals surface area contributed by atoms with Gasteiger partial charge >= 0.3 is 0 Å². The van der Waals surface area contributed by atoms with Crippen molar-refractivity contribution in [2.45, 2.75) is 26.8 Å². The molecule has 0 spiro atoms. The minimum absolute atomic E-state index is 0.134. The molecule has 0 radical (unpaired) electrons. The molecule has 0 aliphatic heterocycles. The van der Waals surface area contributed by atoms with Gasteiger partial charge in [-0.3, -0.25) is 10.1 Å². The van der Waals surface area contributed by atoms with Crippen LogP contribution in [0.25, 0.3) is 5.69 Å². The Morgan fingerprint density at radius 2 is 1.74 bits per heavy atom. The summed E-state index contributed by atoms with van der Waals surface area (Å²) in [5, 5.41) is 10.9. The fourth-order valence-electron chi connectivity index (χ4n) is 3.62. The Balaban J connectivity index is 1.48. The van der Waals surface area contributed by atoms with Crippen LogP contribution >= 0.6 is 0 Å². The van der Waals surface area contributed by atoms with Crippen LogP contribution < -0.4 is 10.6 Å². The second kappa shape index (κ2) is 9.02. The number of aromatic nitrogens is 2. The normalized spacial score (nSPS) is 12.0. The molecule has 4 rings (SSSR count). The topological polar surface area (TPSA) is 72.1 Å². The van der Waals surface area contributed by atoms with Crippen molar-refractivity contribution in [2.24, 2.45) is 0 Å². The van der Waals surface area contributed by atoms with Crippen molar-refractivity contribution in [2.75, 3.05) is 11.9 Å². The van der Waals surface area contributed by atoms with E-state index in [0.29, 0.717) is 0 Å². The third-order valence-electron chi connectivity index (χ3n) is 5.26. The Morgan fingerprint density at radius 3 is 2.42 bits per heavy atom. The van der Waals surface area contributed by atoms with Gasteiger partial charge in [0.25, 0.3) is 0 Å². The fourth-order valence-corrected chi connectivity index (χ4v) is 3.62. The summed E-state index contributed by atoms with van der Waals surface area (Å²) in [6.07, 6.45) is 1.64. The van der Waals surface area contributed by atoms with Gasteiger partial charge in [-0.2, -0.15) is 5.10 Å². The van der Waals surface area contributed by atoms with Crippen LogP contribution in [0.4, 0.5) is 5.69 Å². The zero-order chi connectivity index (χ0) is 21.8. The highest BCUT2D eigenvalue weighted by Gasteiger charge is 2.19. The van der Waals surface area contributed by atoms with Crippen LogP contribution in [-0.2, 0) is 4.79 Å². The predicted octanol–water partition coefficient (Wildman–Crippen LogP) is 4.71. The van der Waals surface area contributed by atoms with Crippen molar-refractivity contribution in [3.8, 4) is 5.69 Å². The number of hydrogen-bond donors (Lipinski definition) is 2. The lowest BCUT2D eigenvalue weighted by molar-refractivity contribution is -0.115. The standard InChI is InChI=1S/C25H26N4O2/c1-17-11-13-21(14-12-17)29-19(3)24(18(2)28-29)27-23(30)16-26-25(22-10-7-15-31-22)20-8-5-4-6-9-20/h4-15,25-26H,16H2,1-3H3,(H,27,30)/t25-/m0/s1. The van der Waals surface area contributed by atoms with Crippen molar-refractivity contribution in [3.63, 3.8) is 0 Å². The van der Waals surface area contributed by atoms with E-state index in [1.807, 2.05) is 85.3 Å². The Morgan fingerprint density at radius 1 is 1.00 bits per heavy atom. The van der Waals surface area contributed by atoms with Gasteiger partial charge in [0.15, 0.2) is 0 Å². The zero-order valence-electron chi connectivity index (χ0n) is 17.9. The summed E-state index contributed by atoms with van der Waals surface area (Å²) in [5.41, 5.74) is 5.59. The van der Waals surface area contributed by atoms with Crippen molar-refractivity contribution in [1.29, 1.82) is 0 Å². The molecule has 0 saturated carbocycles. The number of hydrogen-bond acceptors (Lipinski definition) is 4. The Hall–Kier alpha value is -3.64. The van der Waals surface area contributed by atoms with Crippen LogP contribution in [0.1, 0.15) is 34.3 Å². The van der Waals surface area contributed by atoms with E-state index >= 15 is 0 Å². The van der Waals surface area contributed by atoms with E-state index in [1.165, 1.54) is 5.56 Å². The quantitative estimate of drug-likeness (QED) is 0.459. The van der Waals surface area contributed by atoms with E-state index in [4.69, 9.17) is 4.42 Å². The summed E-state index contributed by atoms with van der Waals surface area (Å²) >= 11 is 0. The summed E-state index contributed by atoms with van der Waals surface area (Å²) in [5.74, 6) is 0.626. The maximum atomic E-state index is 12.8. The first-order valence-corrected chi connectivity index (χ1v) is 10.3. The molecule has 0 saturated heterocycles. The molecule has 0 unspecified atom stereocenters. The van der Waals surface area contributed by atoms with Gasteiger partial charge in [0.1, 0.15) is 5.76 Å². The second-order valence-electron chi connectivity index (χ2n) is 7.58. The Bertz CT molecular complexity index is 1150. The number of rotatable bonds is 7. The molecule has 158 valence electrons. The highest BCUT2D eigenvalue weighted by atomic mass is 16.3. The molecule has 4 aromatic rings. The molecule has 0 bridgehead atoms. The molecule has 6 heteroatoms.